The van der Waals surface area contributed by atoms with Gasteiger partial charge in [0.25, 0.3) is 10.0 Å². The number of nitrogens with zero attached hydrogens (tertiary/aromatic N) is 3. The molecule has 0 aliphatic carbocycles. The number of nitrogen functional groups attached to an aromatic ring is 1. The van der Waals surface area contributed by atoms with Gasteiger partial charge in [-0.25, -0.2) is 17.8 Å². The van der Waals surface area contributed by atoms with E-state index in [9.17, 15) is 8.42 Å². The lowest BCUT2D eigenvalue weighted by Gasteiger charge is -2.13. The summed E-state index contributed by atoms with van der Waals surface area (Å²) in [6.45, 7) is 1.77. The summed E-state index contributed by atoms with van der Waals surface area (Å²) in [5, 5.41) is 3.79. The van der Waals surface area contributed by atoms with Crippen molar-refractivity contribution in [3.8, 4) is 5.75 Å². The average molecular weight is 297 g/mol. The van der Waals surface area contributed by atoms with E-state index in [4.69, 9.17) is 10.5 Å². The molecule has 0 unspecified atom stereocenters. The van der Waals surface area contributed by atoms with Crippen LogP contribution >= 0.6 is 0 Å². The van der Waals surface area contributed by atoms with Gasteiger partial charge in [0.15, 0.2) is 0 Å². The van der Waals surface area contributed by atoms with Crippen LogP contribution in [0.3, 0.4) is 0 Å². The fourth-order valence-electron chi connectivity index (χ4n) is 1.61. The Labute approximate surface area is 116 Å². The van der Waals surface area contributed by atoms with Crippen LogP contribution in [0.5, 0.6) is 5.75 Å². The summed E-state index contributed by atoms with van der Waals surface area (Å²) in [6.07, 6.45) is 1.25. The molecule has 3 N–H and O–H groups in total. The maximum absolute atomic E-state index is 12.4. The molecule has 0 fully saturated rings. The molecule has 1 aromatic heterocycles. The number of sulfonamides is 1. The number of ether oxygens (including phenoxy) is 1. The zero-order valence-electron chi connectivity index (χ0n) is 11.3. The Morgan fingerprint density at radius 3 is 2.65 bits per heavy atom. The molecule has 9 heteroatoms. The standard InChI is InChI=1S/C11H15N5O3S/c1-7-4-9(19-3)10(5-8(7)12)20(17,18)15-11-13-6-14-16(11)2/h4-6H,12H2,1-3H3,(H,13,14,15). The predicted molar refractivity (Wildman–Crippen MR) is 74.0 cm³/mol. The number of nitrogens with two attached hydrogens (primary N) is 1. The summed E-state index contributed by atoms with van der Waals surface area (Å²) in [6, 6.07) is 2.92. The lowest BCUT2D eigenvalue weighted by molar-refractivity contribution is 0.402. The van der Waals surface area contributed by atoms with Crippen molar-refractivity contribution in [2.75, 3.05) is 17.6 Å². The minimum atomic E-state index is -3.87. The summed E-state index contributed by atoms with van der Waals surface area (Å²) in [7, 11) is -0.896. The number of benzene rings is 1. The van der Waals surface area contributed by atoms with Crippen LogP contribution in [-0.4, -0.2) is 30.3 Å². The van der Waals surface area contributed by atoms with Gasteiger partial charge in [0, 0.05) is 12.7 Å². The van der Waals surface area contributed by atoms with E-state index in [1.807, 2.05) is 0 Å². The van der Waals surface area contributed by atoms with Gasteiger partial charge >= 0.3 is 0 Å². The molecule has 1 heterocycles. The van der Waals surface area contributed by atoms with E-state index in [2.05, 4.69) is 14.8 Å². The predicted octanol–water partition coefficient (Wildman–Crippen LogP) is 0.515. The van der Waals surface area contributed by atoms with Crippen LogP contribution in [0, 0.1) is 6.92 Å². The third kappa shape index (κ3) is 2.52. The largest absolute Gasteiger partial charge is 0.495 e. The van der Waals surface area contributed by atoms with Crippen LogP contribution < -0.4 is 15.2 Å². The molecule has 0 radical (unpaired) electrons. The van der Waals surface area contributed by atoms with E-state index >= 15 is 0 Å². The van der Waals surface area contributed by atoms with Gasteiger partial charge in [-0.1, -0.05) is 0 Å². The van der Waals surface area contributed by atoms with E-state index in [-0.39, 0.29) is 16.6 Å². The fraction of sp³-hybridized carbons (Fsp3) is 0.273. The average Bonchev–Trinajstić information content (AvgIpc) is 2.77. The molecule has 0 spiro atoms. The first-order chi connectivity index (χ1) is 9.35. The number of aromatic nitrogens is 3. The molecule has 0 bridgehead atoms. The van der Waals surface area contributed by atoms with Crippen molar-refractivity contribution in [2.45, 2.75) is 11.8 Å². The molecular weight excluding hydrogens is 282 g/mol. The van der Waals surface area contributed by atoms with Gasteiger partial charge in [0.1, 0.15) is 17.0 Å². The van der Waals surface area contributed by atoms with Gasteiger partial charge < -0.3 is 10.5 Å². The quantitative estimate of drug-likeness (QED) is 0.795. The molecule has 0 saturated heterocycles. The molecule has 8 nitrogen and oxygen atoms in total. The number of methoxy groups -OCH3 is 1. The summed E-state index contributed by atoms with van der Waals surface area (Å²) < 4.78 is 33.5. The summed E-state index contributed by atoms with van der Waals surface area (Å²) in [5.74, 6) is 0.317. The van der Waals surface area contributed by atoms with Crippen molar-refractivity contribution in [3.63, 3.8) is 0 Å². The monoisotopic (exact) mass is 297 g/mol. The second kappa shape index (κ2) is 5.00. The van der Waals surface area contributed by atoms with Crippen molar-refractivity contribution >= 4 is 21.7 Å². The van der Waals surface area contributed by atoms with E-state index < -0.39 is 10.0 Å². The molecule has 0 atom stereocenters. The zero-order valence-corrected chi connectivity index (χ0v) is 12.1. The Bertz CT molecular complexity index is 739. The Kier molecular flexibility index (Phi) is 3.53. The van der Waals surface area contributed by atoms with Crippen LogP contribution in [0.25, 0.3) is 0 Å². The molecule has 108 valence electrons. The van der Waals surface area contributed by atoms with E-state index in [0.717, 1.165) is 5.56 Å². The van der Waals surface area contributed by atoms with Crippen molar-refractivity contribution in [1.82, 2.24) is 14.8 Å². The number of aryl methyl sites for hydroxylation is 2. The van der Waals surface area contributed by atoms with Crippen LogP contribution in [0.1, 0.15) is 5.56 Å². The van der Waals surface area contributed by atoms with E-state index in [1.54, 1.807) is 20.0 Å². The first-order valence-corrected chi connectivity index (χ1v) is 7.14. The van der Waals surface area contributed by atoms with Crippen LogP contribution in [0.15, 0.2) is 23.4 Å². The minimum absolute atomic E-state index is 0.0499. The zero-order chi connectivity index (χ0) is 14.9. The molecule has 0 aliphatic rings. The van der Waals surface area contributed by atoms with Crippen molar-refractivity contribution < 1.29 is 13.2 Å². The first-order valence-electron chi connectivity index (χ1n) is 5.66. The summed E-state index contributed by atoms with van der Waals surface area (Å²) >= 11 is 0. The van der Waals surface area contributed by atoms with Crippen molar-refractivity contribution in [2.24, 2.45) is 7.05 Å². The second-order valence-corrected chi connectivity index (χ2v) is 5.82. The molecule has 1 aromatic carbocycles. The number of nitrogens with one attached hydrogen (secondary N) is 1. The molecule has 2 aromatic rings. The maximum Gasteiger partial charge on any atom is 0.267 e. The number of hydrogen-bond acceptors (Lipinski definition) is 6. The number of anilines is 2. The smallest absolute Gasteiger partial charge is 0.267 e. The molecular formula is C11H15N5O3S. The highest BCUT2D eigenvalue weighted by Crippen LogP contribution is 2.29. The lowest BCUT2D eigenvalue weighted by atomic mass is 10.2. The van der Waals surface area contributed by atoms with Gasteiger partial charge in [-0.05, 0) is 24.6 Å². The Hall–Kier alpha value is -2.29. The third-order valence-electron chi connectivity index (χ3n) is 2.78. The normalized spacial score (nSPS) is 11.3. The van der Waals surface area contributed by atoms with E-state index in [0.29, 0.717) is 5.69 Å². The van der Waals surface area contributed by atoms with Crippen LogP contribution in [0.4, 0.5) is 11.6 Å². The molecule has 2 rings (SSSR count). The molecule has 0 amide bonds. The molecule has 20 heavy (non-hydrogen) atoms. The summed E-state index contributed by atoms with van der Waals surface area (Å²) in [5.41, 5.74) is 6.86. The fourth-order valence-corrected chi connectivity index (χ4v) is 2.83. The van der Waals surface area contributed by atoms with Gasteiger partial charge in [-0.2, -0.15) is 10.1 Å². The lowest BCUT2D eigenvalue weighted by Crippen LogP contribution is -2.17. The van der Waals surface area contributed by atoms with Crippen LogP contribution in [-0.2, 0) is 17.1 Å². The number of hydrogen-bond donors (Lipinski definition) is 2. The molecule has 0 saturated carbocycles. The second-order valence-electron chi connectivity index (χ2n) is 4.17. The Balaban J connectivity index is 2.49. The van der Waals surface area contributed by atoms with Gasteiger partial charge in [0.05, 0.1) is 7.11 Å². The van der Waals surface area contributed by atoms with Gasteiger partial charge in [-0.3, -0.25) is 0 Å². The summed E-state index contributed by atoms with van der Waals surface area (Å²) in [4.78, 5) is 3.76. The topological polar surface area (TPSA) is 112 Å². The maximum atomic E-state index is 12.4. The Morgan fingerprint density at radius 2 is 2.10 bits per heavy atom. The van der Waals surface area contributed by atoms with Crippen molar-refractivity contribution in [3.05, 3.63) is 24.0 Å². The minimum Gasteiger partial charge on any atom is -0.495 e. The van der Waals surface area contributed by atoms with Crippen molar-refractivity contribution in [1.29, 1.82) is 0 Å². The highest BCUT2D eigenvalue weighted by molar-refractivity contribution is 7.92. The first kappa shape index (κ1) is 14.1. The Morgan fingerprint density at radius 1 is 1.40 bits per heavy atom. The van der Waals surface area contributed by atoms with Gasteiger partial charge in [-0.15, -0.1) is 0 Å². The van der Waals surface area contributed by atoms with Crippen LogP contribution in [0.2, 0.25) is 0 Å². The van der Waals surface area contributed by atoms with E-state index in [1.165, 1.54) is 24.2 Å². The highest BCUT2D eigenvalue weighted by atomic mass is 32.2. The number of rotatable bonds is 4. The SMILES string of the molecule is COc1cc(C)c(N)cc1S(=O)(=O)Nc1ncnn1C. The van der Waals surface area contributed by atoms with Gasteiger partial charge in [0.2, 0.25) is 5.95 Å². The third-order valence-corrected chi connectivity index (χ3v) is 4.13. The highest BCUT2D eigenvalue weighted by Gasteiger charge is 2.22. The molecule has 0 aliphatic heterocycles.